The van der Waals surface area contributed by atoms with E-state index in [-0.39, 0.29) is 20.9 Å². The summed E-state index contributed by atoms with van der Waals surface area (Å²) in [5.41, 5.74) is -4.10. The molecule has 0 fully saturated rings. The monoisotopic (exact) mass is 462 g/mol. The Balaban J connectivity index is 2.20. The van der Waals surface area contributed by atoms with Gasteiger partial charge < -0.3 is 0 Å². The number of nitrogens with zero attached hydrogens (tertiary/aromatic N) is 2. The van der Waals surface area contributed by atoms with Gasteiger partial charge in [0.05, 0.1) is 21.0 Å². The van der Waals surface area contributed by atoms with Crippen LogP contribution in [0, 0.1) is 20.2 Å². The second-order valence-electron chi connectivity index (χ2n) is 6.12. The van der Waals surface area contributed by atoms with E-state index < -0.39 is 44.7 Å². The summed E-state index contributed by atoms with van der Waals surface area (Å²) in [6.45, 7) is 0. The molecule has 3 aromatic rings. The second-order valence-corrected chi connectivity index (χ2v) is 7.14. The molecule has 0 saturated heterocycles. The molecule has 6 nitrogen and oxygen atoms in total. The molecule has 2 aromatic carbocycles. The molecule has 3 rings (SSSR count). The molecule has 0 radical (unpaired) electrons. The van der Waals surface area contributed by atoms with Crippen molar-refractivity contribution in [2.24, 2.45) is 0 Å². The Morgan fingerprint density at radius 3 is 1.13 bits per heavy atom. The van der Waals surface area contributed by atoms with Crippen LogP contribution >= 0.6 is 11.3 Å². The lowest BCUT2D eigenvalue weighted by Gasteiger charge is -2.06. The number of nitro groups is 2. The van der Waals surface area contributed by atoms with Crippen molar-refractivity contribution in [3.05, 3.63) is 79.9 Å². The van der Waals surface area contributed by atoms with Gasteiger partial charge in [0.1, 0.15) is 9.75 Å². The minimum absolute atomic E-state index is 0.0778. The highest BCUT2D eigenvalue weighted by Crippen LogP contribution is 2.51. The molecule has 1 aromatic heterocycles. The molecule has 162 valence electrons. The van der Waals surface area contributed by atoms with Crippen LogP contribution in [0.5, 0.6) is 0 Å². The van der Waals surface area contributed by atoms with Crippen LogP contribution in [-0.2, 0) is 12.4 Å². The quantitative estimate of drug-likeness (QED) is 0.239. The maximum atomic E-state index is 12.8. The summed E-state index contributed by atoms with van der Waals surface area (Å²) in [4.78, 5) is 20.4. The number of halogens is 6. The van der Waals surface area contributed by atoms with Gasteiger partial charge in [-0.05, 0) is 35.4 Å². The summed E-state index contributed by atoms with van der Waals surface area (Å²) >= 11 is 0.530. The van der Waals surface area contributed by atoms with Gasteiger partial charge in [0.25, 0.3) is 0 Å². The highest BCUT2D eigenvalue weighted by molar-refractivity contribution is 7.20. The van der Waals surface area contributed by atoms with Crippen molar-refractivity contribution in [3.63, 3.8) is 0 Å². The minimum Gasteiger partial charge on any atom is -0.258 e. The van der Waals surface area contributed by atoms with E-state index in [9.17, 15) is 46.6 Å². The molecule has 0 aliphatic heterocycles. The highest BCUT2D eigenvalue weighted by atomic mass is 32.1. The van der Waals surface area contributed by atoms with Crippen LogP contribution in [0.4, 0.5) is 37.7 Å². The molecule has 31 heavy (non-hydrogen) atoms. The average molecular weight is 462 g/mol. The molecule has 0 aliphatic rings. The predicted octanol–water partition coefficient (Wildman–Crippen LogP) is 6.94. The molecule has 0 unspecified atom stereocenters. The standard InChI is InChI=1S/C18H8F6N2O4S/c19-17(20,21)11-5-1-9(2-6-11)15-13(25(27)28)14(26(29)30)16(31-15)10-3-7-12(8-4-10)18(22,23)24/h1-8H. The van der Waals surface area contributed by atoms with Crippen molar-refractivity contribution in [3.8, 4) is 20.9 Å². The second kappa shape index (κ2) is 7.65. The van der Waals surface area contributed by atoms with Gasteiger partial charge in [0.15, 0.2) is 0 Å². The smallest absolute Gasteiger partial charge is 0.258 e. The third-order valence-corrected chi connectivity index (χ3v) is 5.44. The Labute approximate surface area is 172 Å². The van der Waals surface area contributed by atoms with Gasteiger partial charge in [-0.1, -0.05) is 24.3 Å². The summed E-state index contributed by atoms with van der Waals surface area (Å²) < 4.78 is 76.6. The van der Waals surface area contributed by atoms with E-state index in [2.05, 4.69) is 0 Å². The van der Waals surface area contributed by atoms with Gasteiger partial charge in [-0.2, -0.15) is 26.3 Å². The summed E-state index contributed by atoms with van der Waals surface area (Å²) in [6, 6.07) is 6.41. The number of hydrogen-bond donors (Lipinski definition) is 0. The zero-order chi connectivity index (χ0) is 23.1. The van der Waals surface area contributed by atoms with Crippen LogP contribution in [0.1, 0.15) is 11.1 Å². The zero-order valence-corrected chi connectivity index (χ0v) is 15.6. The van der Waals surface area contributed by atoms with E-state index in [1.54, 1.807) is 0 Å². The van der Waals surface area contributed by atoms with Gasteiger partial charge in [-0.15, -0.1) is 11.3 Å². The third-order valence-electron chi connectivity index (χ3n) is 4.17. The molecular weight excluding hydrogens is 454 g/mol. The first-order valence-electron chi connectivity index (χ1n) is 8.11. The predicted molar refractivity (Wildman–Crippen MR) is 98.5 cm³/mol. The zero-order valence-electron chi connectivity index (χ0n) is 14.8. The maximum absolute atomic E-state index is 12.8. The Bertz CT molecular complexity index is 1060. The SMILES string of the molecule is O=[N+]([O-])c1c(-c2ccc(C(F)(F)F)cc2)sc(-c2ccc(C(F)(F)F)cc2)c1[N+](=O)[O-]. The topological polar surface area (TPSA) is 86.3 Å². The third kappa shape index (κ3) is 4.35. The molecule has 1 heterocycles. The lowest BCUT2D eigenvalue weighted by Crippen LogP contribution is -2.04. The van der Waals surface area contributed by atoms with Crippen LogP contribution < -0.4 is 0 Å². The van der Waals surface area contributed by atoms with Crippen molar-refractivity contribution in [2.45, 2.75) is 12.4 Å². The van der Waals surface area contributed by atoms with E-state index >= 15 is 0 Å². The average Bonchev–Trinajstić information content (AvgIpc) is 3.08. The van der Waals surface area contributed by atoms with Crippen LogP contribution in [0.2, 0.25) is 0 Å². The molecule has 0 N–H and O–H groups in total. The Morgan fingerprint density at radius 1 is 0.613 bits per heavy atom. The molecule has 0 atom stereocenters. The van der Waals surface area contributed by atoms with E-state index in [1.807, 2.05) is 0 Å². The first kappa shape index (κ1) is 22.2. The van der Waals surface area contributed by atoms with E-state index in [0.29, 0.717) is 35.6 Å². The first-order valence-corrected chi connectivity index (χ1v) is 8.93. The molecule has 0 spiro atoms. The fourth-order valence-electron chi connectivity index (χ4n) is 2.77. The lowest BCUT2D eigenvalue weighted by atomic mass is 10.1. The summed E-state index contributed by atoms with van der Waals surface area (Å²) in [5, 5.41) is 23.1. The number of alkyl halides is 6. The van der Waals surface area contributed by atoms with Crippen molar-refractivity contribution >= 4 is 22.7 Å². The van der Waals surface area contributed by atoms with E-state index in [1.165, 1.54) is 0 Å². The molecule has 0 saturated carbocycles. The molecular formula is C18H8F6N2O4S. The highest BCUT2D eigenvalue weighted by Gasteiger charge is 2.38. The molecule has 0 bridgehead atoms. The van der Waals surface area contributed by atoms with E-state index in [0.717, 1.165) is 24.3 Å². The Hall–Kier alpha value is -3.48. The van der Waals surface area contributed by atoms with Crippen molar-refractivity contribution < 1.29 is 36.2 Å². The van der Waals surface area contributed by atoms with Crippen molar-refractivity contribution in [1.82, 2.24) is 0 Å². The summed E-state index contributed by atoms with van der Waals surface area (Å²) in [6.07, 6.45) is -9.31. The number of thiophene rings is 1. The molecule has 13 heteroatoms. The van der Waals surface area contributed by atoms with Gasteiger partial charge in [-0.3, -0.25) is 20.2 Å². The van der Waals surface area contributed by atoms with Crippen LogP contribution in [0.25, 0.3) is 20.9 Å². The largest absolute Gasteiger partial charge is 0.416 e. The fourth-order valence-corrected chi connectivity index (χ4v) is 4.01. The minimum atomic E-state index is -4.66. The normalized spacial score (nSPS) is 12.1. The number of benzene rings is 2. The van der Waals surface area contributed by atoms with Gasteiger partial charge in [-0.25, -0.2) is 0 Å². The van der Waals surface area contributed by atoms with Crippen LogP contribution in [0.3, 0.4) is 0 Å². The number of hydrogen-bond acceptors (Lipinski definition) is 5. The van der Waals surface area contributed by atoms with E-state index in [4.69, 9.17) is 0 Å². The van der Waals surface area contributed by atoms with Crippen LogP contribution in [-0.4, -0.2) is 9.85 Å². The van der Waals surface area contributed by atoms with Gasteiger partial charge in [0.2, 0.25) is 0 Å². The van der Waals surface area contributed by atoms with Gasteiger partial charge in [0, 0.05) is 0 Å². The van der Waals surface area contributed by atoms with Crippen LogP contribution in [0.15, 0.2) is 48.5 Å². The number of rotatable bonds is 4. The molecule has 0 amide bonds. The van der Waals surface area contributed by atoms with Crippen molar-refractivity contribution in [2.75, 3.05) is 0 Å². The molecule has 0 aliphatic carbocycles. The summed E-state index contributed by atoms with van der Waals surface area (Å²) in [5.74, 6) is 0. The first-order chi connectivity index (χ1) is 14.3. The summed E-state index contributed by atoms with van der Waals surface area (Å²) in [7, 11) is 0. The Morgan fingerprint density at radius 2 is 0.903 bits per heavy atom. The van der Waals surface area contributed by atoms with Gasteiger partial charge >= 0.3 is 23.7 Å². The Kier molecular flexibility index (Phi) is 5.48. The lowest BCUT2D eigenvalue weighted by molar-refractivity contribution is -0.420. The van der Waals surface area contributed by atoms with Crippen molar-refractivity contribution in [1.29, 1.82) is 0 Å². The maximum Gasteiger partial charge on any atom is 0.416 e. The fraction of sp³-hybridized carbons (Fsp3) is 0.111.